The van der Waals surface area contributed by atoms with Crippen LogP contribution in [0.3, 0.4) is 0 Å². The molecule has 1 aliphatic carbocycles. The number of nitrogens with two attached hydrogens (primary N) is 1. The monoisotopic (exact) mass is 181 g/mol. The molecule has 1 aliphatic rings. The van der Waals surface area contributed by atoms with E-state index in [9.17, 15) is 0 Å². The molecule has 0 saturated heterocycles. The molecule has 13 heavy (non-hydrogen) atoms. The first kappa shape index (κ1) is 8.69. The van der Waals surface area contributed by atoms with Crippen LogP contribution in [0.1, 0.15) is 31.0 Å². The summed E-state index contributed by atoms with van der Waals surface area (Å²) in [5.74, 6) is 2.42. The molecule has 2 N–H and O–H groups in total. The topological polar surface area (TPSA) is 64.9 Å². The molecule has 0 amide bonds. The highest BCUT2D eigenvalue weighted by Crippen LogP contribution is 2.31. The van der Waals surface area contributed by atoms with Gasteiger partial charge in [-0.05, 0) is 31.7 Å². The zero-order valence-electron chi connectivity index (χ0n) is 7.70. The van der Waals surface area contributed by atoms with Crippen LogP contribution in [0.15, 0.2) is 4.52 Å². The molecule has 1 heterocycles. The molecule has 0 aromatic carbocycles. The van der Waals surface area contributed by atoms with Crippen molar-refractivity contribution in [3.8, 4) is 0 Å². The van der Waals surface area contributed by atoms with Crippen LogP contribution in [0.25, 0.3) is 0 Å². The zero-order chi connectivity index (χ0) is 9.10. The van der Waals surface area contributed by atoms with Crippen LogP contribution in [0.2, 0.25) is 0 Å². The average Bonchev–Trinajstić information content (AvgIpc) is 2.81. The summed E-state index contributed by atoms with van der Waals surface area (Å²) >= 11 is 0. The number of aromatic nitrogens is 2. The lowest BCUT2D eigenvalue weighted by Crippen LogP contribution is -2.01. The molecule has 0 spiro atoms. The van der Waals surface area contributed by atoms with Gasteiger partial charge < -0.3 is 10.3 Å². The Kier molecular flexibility index (Phi) is 2.59. The van der Waals surface area contributed by atoms with Gasteiger partial charge in [-0.2, -0.15) is 4.98 Å². The van der Waals surface area contributed by atoms with E-state index < -0.39 is 0 Å². The van der Waals surface area contributed by atoms with Crippen molar-refractivity contribution in [2.75, 3.05) is 6.54 Å². The van der Waals surface area contributed by atoms with E-state index in [4.69, 9.17) is 10.3 Å². The zero-order valence-corrected chi connectivity index (χ0v) is 7.70. The Morgan fingerprint density at radius 3 is 3.00 bits per heavy atom. The highest BCUT2D eigenvalue weighted by Gasteiger charge is 2.24. The molecule has 2 rings (SSSR count). The Morgan fingerprint density at radius 1 is 1.46 bits per heavy atom. The second kappa shape index (κ2) is 3.87. The molecule has 0 bridgehead atoms. The van der Waals surface area contributed by atoms with Gasteiger partial charge in [-0.3, -0.25) is 0 Å². The van der Waals surface area contributed by atoms with E-state index in [0.29, 0.717) is 6.54 Å². The minimum atomic E-state index is 0.687. The smallest absolute Gasteiger partial charge is 0.226 e. The van der Waals surface area contributed by atoms with Gasteiger partial charge in [0.05, 0.1) is 0 Å². The third-order valence-electron chi connectivity index (χ3n) is 2.27. The number of hydrogen-bond donors (Lipinski definition) is 1. The molecule has 72 valence electrons. The first-order chi connectivity index (χ1) is 6.38. The Labute approximate surface area is 77.5 Å². The summed E-state index contributed by atoms with van der Waals surface area (Å²) in [7, 11) is 0. The van der Waals surface area contributed by atoms with Crippen molar-refractivity contribution in [3.63, 3.8) is 0 Å². The Hall–Kier alpha value is -0.900. The molecule has 0 radical (unpaired) electrons. The highest BCUT2D eigenvalue weighted by atomic mass is 16.5. The van der Waals surface area contributed by atoms with Gasteiger partial charge in [0, 0.05) is 12.8 Å². The maximum absolute atomic E-state index is 5.39. The van der Waals surface area contributed by atoms with Crippen LogP contribution in [0, 0.1) is 5.92 Å². The molecule has 1 aromatic heterocycles. The summed E-state index contributed by atoms with van der Waals surface area (Å²) in [6.45, 7) is 0.687. The van der Waals surface area contributed by atoms with Crippen LogP contribution in [0.5, 0.6) is 0 Å². The first-order valence-corrected chi connectivity index (χ1v) is 4.90. The van der Waals surface area contributed by atoms with Crippen LogP contribution in [-0.4, -0.2) is 16.7 Å². The molecule has 1 fully saturated rings. The number of nitrogens with zero attached hydrogens (tertiary/aromatic N) is 2. The molecule has 0 unspecified atom stereocenters. The standard InChI is InChI=1S/C9H15N3O/c10-5-1-2-8-11-9(13-12-8)6-7-3-4-7/h7H,1-6,10H2. The largest absolute Gasteiger partial charge is 0.339 e. The summed E-state index contributed by atoms with van der Waals surface area (Å²) in [5, 5.41) is 3.89. The molecular formula is C9H15N3O. The summed E-state index contributed by atoms with van der Waals surface area (Å²) in [6.07, 6.45) is 5.38. The molecule has 1 aromatic rings. The lowest BCUT2D eigenvalue weighted by Gasteiger charge is -1.88. The Bertz CT molecular complexity index is 268. The lowest BCUT2D eigenvalue weighted by atomic mass is 10.3. The van der Waals surface area contributed by atoms with Crippen molar-refractivity contribution < 1.29 is 4.52 Å². The molecule has 0 atom stereocenters. The molecule has 4 nitrogen and oxygen atoms in total. The van der Waals surface area contributed by atoms with Crippen LogP contribution >= 0.6 is 0 Å². The summed E-state index contributed by atoms with van der Waals surface area (Å²) in [5.41, 5.74) is 5.39. The molecule has 0 aliphatic heterocycles. The van der Waals surface area contributed by atoms with Crippen molar-refractivity contribution in [1.29, 1.82) is 0 Å². The number of rotatable bonds is 5. The van der Waals surface area contributed by atoms with Crippen molar-refractivity contribution in [3.05, 3.63) is 11.7 Å². The van der Waals surface area contributed by atoms with E-state index in [-0.39, 0.29) is 0 Å². The van der Waals surface area contributed by atoms with Crippen molar-refractivity contribution in [2.45, 2.75) is 32.1 Å². The van der Waals surface area contributed by atoms with Gasteiger partial charge in [0.15, 0.2) is 5.82 Å². The van der Waals surface area contributed by atoms with Crippen molar-refractivity contribution in [1.82, 2.24) is 10.1 Å². The van der Waals surface area contributed by atoms with Crippen molar-refractivity contribution in [2.24, 2.45) is 11.7 Å². The van der Waals surface area contributed by atoms with Gasteiger partial charge >= 0.3 is 0 Å². The summed E-state index contributed by atoms with van der Waals surface area (Å²) < 4.78 is 5.11. The van der Waals surface area contributed by atoms with Crippen LogP contribution in [-0.2, 0) is 12.8 Å². The maximum atomic E-state index is 5.39. The summed E-state index contributed by atoms with van der Waals surface area (Å²) in [6, 6.07) is 0. The summed E-state index contributed by atoms with van der Waals surface area (Å²) in [4.78, 5) is 4.29. The van der Waals surface area contributed by atoms with E-state index >= 15 is 0 Å². The highest BCUT2D eigenvalue weighted by molar-refractivity contribution is 4.91. The SMILES string of the molecule is NCCCc1noc(CC2CC2)n1. The van der Waals surface area contributed by atoms with E-state index in [1.165, 1.54) is 12.8 Å². The average molecular weight is 181 g/mol. The third-order valence-corrected chi connectivity index (χ3v) is 2.27. The van der Waals surface area contributed by atoms with Crippen LogP contribution in [0.4, 0.5) is 0 Å². The van der Waals surface area contributed by atoms with Gasteiger partial charge in [-0.15, -0.1) is 0 Å². The van der Waals surface area contributed by atoms with Gasteiger partial charge in [0.2, 0.25) is 5.89 Å². The molecular weight excluding hydrogens is 166 g/mol. The fourth-order valence-electron chi connectivity index (χ4n) is 1.30. The van der Waals surface area contributed by atoms with E-state index in [2.05, 4.69) is 10.1 Å². The van der Waals surface area contributed by atoms with E-state index in [1.807, 2.05) is 0 Å². The first-order valence-electron chi connectivity index (χ1n) is 4.90. The second-order valence-corrected chi connectivity index (χ2v) is 3.64. The quantitative estimate of drug-likeness (QED) is 0.733. The lowest BCUT2D eigenvalue weighted by molar-refractivity contribution is 0.367. The molecule has 1 saturated carbocycles. The third kappa shape index (κ3) is 2.52. The predicted octanol–water partition coefficient (Wildman–Crippen LogP) is 0.913. The Balaban J connectivity index is 1.84. The van der Waals surface area contributed by atoms with Gasteiger partial charge in [-0.1, -0.05) is 5.16 Å². The number of hydrogen-bond acceptors (Lipinski definition) is 4. The predicted molar refractivity (Wildman–Crippen MR) is 48.1 cm³/mol. The maximum Gasteiger partial charge on any atom is 0.226 e. The minimum absolute atomic E-state index is 0.687. The fourth-order valence-corrected chi connectivity index (χ4v) is 1.30. The van der Waals surface area contributed by atoms with Crippen LogP contribution < -0.4 is 5.73 Å². The number of aryl methyl sites for hydroxylation is 1. The van der Waals surface area contributed by atoms with Crippen molar-refractivity contribution >= 4 is 0 Å². The molecule has 4 heteroatoms. The van der Waals surface area contributed by atoms with E-state index in [1.54, 1.807) is 0 Å². The normalized spacial score (nSPS) is 16.4. The minimum Gasteiger partial charge on any atom is -0.339 e. The second-order valence-electron chi connectivity index (χ2n) is 3.64. The van der Waals surface area contributed by atoms with Gasteiger partial charge in [0.1, 0.15) is 0 Å². The van der Waals surface area contributed by atoms with Gasteiger partial charge in [-0.25, -0.2) is 0 Å². The van der Waals surface area contributed by atoms with E-state index in [0.717, 1.165) is 36.9 Å². The fraction of sp³-hybridized carbons (Fsp3) is 0.778. The van der Waals surface area contributed by atoms with Gasteiger partial charge in [0.25, 0.3) is 0 Å². The Morgan fingerprint density at radius 2 is 2.31 bits per heavy atom.